The molecule has 138 valence electrons. The van der Waals surface area contributed by atoms with E-state index in [0.717, 1.165) is 39.1 Å². The molecule has 0 aromatic carbocycles. The number of carbonyl (C=O) groups is 1. The van der Waals surface area contributed by atoms with Gasteiger partial charge in [0.2, 0.25) is 5.91 Å². The fourth-order valence-corrected chi connectivity index (χ4v) is 2.06. The molecule has 0 saturated carbocycles. The first kappa shape index (κ1) is 25.0. The van der Waals surface area contributed by atoms with Crippen LogP contribution in [-0.2, 0) is 9.53 Å². The summed E-state index contributed by atoms with van der Waals surface area (Å²) >= 11 is 1.86. The van der Waals surface area contributed by atoms with Crippen molar-refractivity contribution in [3.8, 4) is 0 Å². The Morgan fingerprint density at radius 3 is 2.39 bits per heavy atom. The zero-order chi connectivity index (χ0) is 16.6. The van der Waals surface area contributed by atoms with Crippen LogP contribution in [0.5, 0.6) is 0 Å². The third-order valence-corrected chi connectivity index (χ3v) is 3.60. The second-order valence-electron chi connectivity index (χ2n) is 5.06. The number of rotatable bonds is 12. The van der Waals surface area contributed by atoms with E-state index >= 15 is 0 Å². The van der Waals surface area contributed by atoms with Crippen molar-refractivity contribution in [2.45, 2.75) is 26.2 Å². The second-order valence-corrected chi connectivity index (χ2v) is 6.04. The Labute approximate surface area is 162 Å². The minimum absolute atomic E-state index is 0. The van der Waals surface area contributed by atoms with Gasteiger partial charge in [-0.2, -0.15) is 11.8 Å². The third kappa shape index (κ3) is 16.4. The van der Waals surface area contributed by atoms with E-state index in [9.17, 15) is 4.79 Å². The molecule has 0 aromatic heterocycles. The molecule has 0 atom stereocenters. The van der Waals surface area contributed by atoms with Crippen LogP contribution in [0, 0.1) is 0 Å². The van der Waals surface area contributed by atoms with Crippen molar-refractivity contribution in [2.75, 3.05) is 59.0 Å². The lowest BCUT2D eigenvalue weighted by atomic mass is 10.3. The van der Waals surface area contributed by atoms with E-state index in [-0.39, 0.29) is 36.4 Å². The number of carbonyl (C=O) groups excluding carboxylic acids is 1. The first-order valence-corrected chi connectivity index (χ1v) is 9.30. The van der Waals surface area contributed by atoms with Crippen LogP contribution in [-0.4, -0.2) is 75.7 Å². The monoisotopic (exact) mass is 460 g/mol. The number of thioether (sulfide) groups is 1. The molecule has 6 nitrogen and oxygen atoms in total. The van der Waals surface area contributed by atoms with Gasteiger partial charge in [-0.1, -0.05) is 0 Å². The highest BCUT2D eigenvalue weighted by Gasteiger charge is 2.04. The van der Waals surface area contributed by atoms with E-state index < -0.39 is 0 Å². The summed E-state index contributed by atoms with van der Waals surface area (Å²) in [5.41, 5.74) is 0. The highest BCUT2D eigenvalue weighted by atomic mass is 127. The summed E-state index contributed by atoms with van der Waals surface area (Å²) in [5, 5.41) is 6.53. The molecule has 0 aliphatic rings. The highest BCUT2D eigenvalue weighted by molar-refractivity contribution is 14.0. The molecular weight excluding hydrogens is 427 g/mol. The van der Waals surface area contributed by atoms with Crippen LogP contribution in [0.2, 0.25) is 0 Å². The van der Waals surface area contributed by atoms with Crippen LogP contribution in [0.1, 0.15) is 26.2 Å². The first-order valence-electron chi connectivity index (χ1n) is 7.90. The Hall–Kier alpha value is -0.220. The van der Waals surface area contributed by atoms with Crippen LogP contribution in [0.3, 0.4) is 0 Å². The molecule has 0 saturated heterocycles. The summed E-state index contributed by atoms with van der Waals surface area (Å²) in [6.07, 6.45) is 5.32. The van der Waals surface area contributed by atoms with Gasteiger partial charge in [-0.3, -0.25) is 4.79 Å². The largest absolute Gasteiger partial charge is 0.382 e. The van der Waals surface area contributed by atoms with Gasteiger partial charge in [0.1, 0.15) is 6.54 Å². The summed E-state index contributed by atoms with van der Waals surface area (Å²) < 4.78 is 5.31. The van der Waals surface area contributed by atoms with Gasteiger partial charge in [0.25, 0.3) is 0 Å². The first-order chi connectivity index (χ1) is 10.6. The Kier molecular flexibility index (Phi) is 19.7. The van der Waals surface area contributed by atoms with Gasteiger partial charge in [0, 0.05) is 40.4 Å². The van der Waals surface area contributed by atoms with Crippen LogP contribution >= 0.6 is 35.7 Å². The van der Waals surface area contributed by atoms with Crippen molar-refractivity contribution in [3.63, 3.8) is 0 Å². The molecule has 0 aromatic rings. The summed E-state index contributed by atoms with van der Waals surface area (Å²) in [7, 11) is 3.48. The van der Waals surface area contributed by atoms with Crippen molar-refractivity contribution >= 4 is 47.6 Å². The van der Waals surface area contributed by atoms with Crippen LogP contribution in [0.15, 0.2) is 4.99 Å². The van der Waals surface area contributed by atoms with Crippen LogP contribution in [0.25, 0.3) is 0 Å². The van der Waals surface area contributed by atoms with E-state index in [1.807, 2.05) is 18.7 Å². The molecule has 8 heteroatoms. The molecule has 0 aliphatic carbocycles. The number of unbranched alkanes of at least 4 members (excludes halogenated alkanes) is 1. The average molecular weight is 460 g/mol. The summed E-state index contributed by atoms with van der Waals surface area (Å²) in [6, 6.07) is 0. The van der Waals surface area contributed by atoms with Gasteiger partial charge in [-0.15, -0.1) is 24.0 Å². The zero-order valence-electron chi connectivity index (χ0n) is 14.9. The Balaban J connectivity index is 0. The van der Waals surface area contributed by atoms with Gasteiger partial charge in [0.15, 0.2) is 5.96 Å². The van der Waals surface area contributed by atoms with E-state index in [2.05, 4.69) is 21.9 Å². The second kappa shape index (κ2) is 18.1. The maximum atomic E-state index is 11.6. The van der Waals surface area contributed by atoms with Gasteiger partial charge in [-0.25, -0.2) is 4.99 Å². The van der Waals surface area contributed by atoms with E-state index in [0.29, 0.717) is 5.96 Å². The fraction of sp³-hybridized carbons (Fsp3) is 0.867. The van der Waals surface area contributed by atoms with Crippen LogP contribution in [0.4, 0.5) is 0 Å². The maximum Gasteiger partial charge on any atom is 0.243 e. The number of likely N-dealkylation sites (N-methyl/N-ethyl adjacent to an activating group) is 1. The van der Waals surface area contributed by atoms with E-state index in [1.165, 1.54) is 12.2 Å². The van der Waals surface area contributed by atoms with Crippen molar-refractivity contribution in [3.05, 3.63) is 0 Å². The standard InChI is InChI=1S/C15H32N4O2S.HI/c1-5-21-11-8-10-17-15(16-9-6-7-12-22-4)18-13-14(20)19(2)3;/h5-13H2,1-4H3,(H2,16,17,18);1H. The molecule has 0 radical (unpaired) electrons. The summed E-state index contributed by atoms with van der Waals surface area (Å²) in [5.74, 6) is 1.88. The highest BCUT2D eigenvalue weighted by Crippen LogP contribution is 1.97. The predicted molar refractivity (Wildman–Crippen MR) is 111 cm³/mol. The number of aliphatic imine (C=N–C) groups is 1. The molecule has 0 unspecified atom stereocenters. The van der Waals surface area contributed by atoms with Crippen LogP contribution < -0.4 is 10.6 Å². The number of ether oxygens (including phenoxy) is 1. The molecule has 0 spiro atoms. The zero-order valence-corrected chi connectivity index (χ0v) is 18.0. The molecular formula is C15H33IN4O2S. The molecule has 0 fully saturated rings. The predicted octanol–water partition coefficient (Wildman–Crippen LogP) is 1.80. The number of nitrogens with one attached hydrogen (secondary N) is 2. The molecule has 0 heterocycles. The lowest BCUT2D eigenvalue weighted by molar-refractivity contribution is -0.127. The molecule has 0 rings (SSSR count). The van der Waals surface area contributed by atoms with Crippen molar-refractivity contribution < 1.29 is 9.53 Å². The minimum atomic E-state index is -0.00204. The van der Waals surface area contributed by atoms with Gasteiger partial charge in [0.05, 0.1) is 0 Å². The van der Waals surface area contributed by atoms with Gasteiger partial charge >= 0.3 is 0 Å². The SMILES string of the molecule is CCOCCCNC(=NCC(=O)N(C)C)NCCCCSC.I. The van der Waals surface area contributed by atoms with E-state index in [1.54, 1.807) is 19.0 Å². The normalized spacial score (nSPS) is 10.9. The maximum absolute atomic E-state index is 11.6. The summed E-state index contributed by atoms with van der Waals surface area (Å²) in [4.78, 5) is 17.5. The minimum Gasteiger partial charge on any atom is -0.382 e. The lowest BCUT2D eigenvalue weighted by Crippen LogP contribution is -2.39. The molecule has 23 heavy (non-hydrogen) atoms. The molecule has 2 N–H and O–H groups in total. The van der Waals surface area contributed by atoms with Gasteiger partial charge in [-0.05, 0) is 38.2 Å². The lowest BCUT2D eigenvalue weighted by Gasteiger charge is -2.13. The number of guanidine groups is 1. The quantitative estimate of drug-likeness (QED) is 0.201. The Morgan fingerprint density at radius 2 is 1.83 bits per heavy atom. The number of hydrogen-bond donors (Lipinski definition) is 2. The topological polar surface area (TPSA) is 66.0 Å². The smallest absolute Gasteiger partial charge is 0.243 e. The molecule has 1 amide bonds. The molecule has 0 bridgehead atoms. The third-order valence-electron chi connectivity index (χ3n) is 2.90. The fourth-order valence-electron chi connectivity index (χ4n) is 1.57. The summed E-state index contributed by atoms with van der Waals surface area (Å²) in [6.45, 7) is 5.29. The number of hydrogen-bond acceptors (Lipinski definition) is 4. The van der Waals surface area contributed by atoms with E-state index in [4.69, 9.17) is 4.74 Å². The Bertz CT molecular complexity index is 302. The Morgan fingerprint density at radius 1 is 1.17 bits per heavy atom. The van der Waals surface area contributed by atoms with Crippen molar-refractivity contribution in [2.24, 2.45) is 4.99 Å². The van der Waals surface area contributed by atoms with Crippen molar-refractivity contribution in [1.29, 1.82) is 0 Å². The number of halogens is 1. The molecule has 0 aliphatic heterocycles. The number of nitrogens with zero attached hydrogens (tertiary/aromatic N) is 2. The average Bonchev–Trinajstić information content (AvgIpc) is 2.50. The van der Waals surface area contributed by atoms with Gasteiger partial charge < -0.3 is 20.3 Å². The van der Waals surface area contributed by atoms with Crippen molar-refractivity contribution in [1.82, 2.24) is 15.5 Å². The number of amides is 1.